The van der Waals surface area contributed by atoms with Gasteiger partial charge < -0.3 is 19.6 Å². The minimum absolute atomic E-state index is 0.159. The van der Waals surface area contributed by atoms with Crippen molar-refractivity contribution in [1.29, 1.82) is 0 Å². The first-order valence-electron chi connectivity index (χ1n) is 11.6. The summed E-state index contributed by atoms with van der Waals surface area (Å²) in [5, 5.41) is 0.732. The fourth-order valence-corrected chi connectivity index (χ4v) is 5.08. The predicted molar refractivity (Wildman–Crippen MR) is 119 cm³/mol. The summed E-state index contributed by atoms with van der Waals surface area (Å²) >= 11 is 0. The van der Waals surface area contributed by atoms with Crippen LogP contribution in [0.15, 0.2) is 29.2 Å². The van der Waals surface area contributed by atoms with Crippen molar-refractivity contribution in [2.75, 3.05) is 26.3 Å². The van der Waals surface area contributed by atoms with Crippen molar-refractivity contribution in [3.8, 4) is 0 Å². The van der Waals surface area contributed by atoms with Gasteiger partial charge in [-0.25, -0.2) is 9.37 Å². The first-order chi connectivity index (χ1) is 16.7. The maximum atomic E-state index is 14.9. The number of hydrogen-bond donors (Lipinski definition) is 2. The molecule has 5 heterocycles. The number of hydrogen-bond acceptors (Lipinski definition) is 4. The third-order valence-electron chi connectivity index (χ3n) is 6.97. The fourth-order valence-electron chi connectivity index (χ4n) is 5.08. The molecule has 0 aliphatic carbocycles. The van der Waals surface area contributed by atoms with Crippen molar-refractivity contribution in [3.05, 3.63) is 63.1 Å². The minimum Gasteiger partial charge on any atom is -0.381 e. The summed E-state index contributed by atoms with van der Waals surface area (Å²) in [4.78, 5) is 35.6. The van der Waals surface area contributed by atoms with Crippen LogP contribution in [0.3, 0.4) is 0 Å². The summed E-state index contributed by atoms with van der Waals surface area (Å²) in [5.41, 5.74) is -0.442. The van der Waals surface area contributed by atoms with Gasteiger partial charge in [-0.3, -0.25) is 9.59 Å². The smallest absolute Gasteiger partial charge is 0.381 e. The van der Waals surface area contributed by atoms with Gasteiger partial charge in [0.05, 0.1) is 6.20 Å². The number of likely N-dealkylation sites (tertiary alicyclic amines) is 1. The van der Waals surface area contributed by atoms with E-state index in [9.17, 15) is 27.2 Å². The molecule has 0 unspecified atom stereocenters. The van der Waals surface area contributed by atoms with E-state index < -0.39 is 29.2 Å². The highest BCUT2D eigenvalue weighted by Gasteiger charge is 2.34. The van der Waals surface area contributed by atoms with Crippen LogP contribution in [0.2, 0.25) is 0 Å². The van der Waals surface area contributed by atoms with Crippen molar-refractivity contribution in [2.24, 2.45) is 0 Å². The van der Waals surface area contributed by atoms with Crippen LogP contribution >= 0.6 is 0 Å². The molecule has 3 aromatic heterocycles. The molecule has 35 heavy (non-hydrogen) atoms. The van der Waals surface area contributed by atoms with Gasteiger partial charge in [0, 0.05) is 48.9 Å². The quantitative estimate of drug-likeness (QED) is 0.533. The summed E-state index contributed by atoms with van der Waals surface area (Å²) in [5.74, 6) is -0.898. The van der Waals surface area contributed by atoms with Crippen LogP contribution in [-0.4, -0.2) is 52.1 Å². The van der Waals surface area contributed by atoms with E-state index in [1.54, 1.807) is 4.98 Å². The van der Waals surface area contributed by atoms with Crippen LogP contribution in [0, 0.1) is 5.82 Å². The van der Waals surface area contributed by atoms with Gasteiger partial charge in [-0.05, 0) is 49.8 Å². The number of fused-ring (bicyclic) bond motifs is 1. The Hall–Kier alpha value is -3.21. The second-order valence-corrected chi connectivity index (χ2v) is 9.07. The lowest BCUT2D eigenvalue weighted by Crippen LogP contribution is -2.40. The molecule has 7 nitrogen and oxygen atoms in total. The highest BCUT2D eigenvalue weighted by atomic mass is 19.4. The SMILES string of the molecule is O=C(c1ccc(C(F)(F)F)[nH]c1=O)N1CCC(c2c(F)cnc3[nH]c(C4CCOCC4)cc23)CC1. The van der Waals surface area contributed by atoms with Crippen molar-refractivity contribution in [2.45, 2.75) is 43.7 Å². The zero-order valence-electron chi connectivity index (χ0n) is 18.8. The summed E-state index contributed by atoms with van der Waals surface area (Å²) in [6.07, 6.45) is -0.818. The molecule has 0 bridgehead atoms. The Morgan fingerprint density at radius 1 is 1.06 bits per heavy atom. The van der Waals surface area contributed by atoms with Crippen molar-refractivity contribution >= 4 is 16.9 Å². The Balaban J connectivity index is 1.33. The first-order valence-corrected chi connectivity index (χ1v) is 11.6. The molecule has 0 aromatic carbocycles. The molecule has 3 aromatic rings. The number of carbonyl (C=O) groups is 1. The standard InChI is InChI=1S/C24H24F4N4O3/c25-17-12-29-21-16(11-18(30-21)13-5-9-35-10-6-13)20(17)14-3-7-32(8-4-14)23(34)15-1-2-19(24(26,27)28)31-22(15)33/h1-2,11-14H,3-10H2,(H,29,30)(H,31,33). The zero-order chi connectivity index (χ0) is 24.7. The topological polar surface area (TPSA) is 91.1 Å². The number of H-pyrrole nitrogens is 2. The van der Waals surface area contributed by atoms with Crippen LogP contribution < -0.4 is 5.56 Å². The molecular formula is C24H24F4N4O3. The average Bonchev–Trinajstić information content (AvgIpc) is 3.28. The number of nitrogens with zero attached hydrogens (tertiary/aromatic N) is 2. The number of halogens is 4. The van der Waals surface area contributed by atoms with Crippen LogP contribution in [-0.2, 0) is 10.9 Å². The first kappa shape index (κ1) is 23.5. The highest BCUT2D eigenvalue weighted by Crippen LogP contribution is 2.37. The van der Waals surface area contributed by atoms with E-state index in [-0.39, 0.29) is 24.6 Å². The Labute approximate surface area is 197 Å². The monoisotopic (exact) mass is 492 g/mol. The van der Waals surface area contributed by atoms with Crippen molar-refractivity contribution < 1.29 is 27.1 Å². The largest absolute Gasteiger partial charge is 0.431 e. The molecule has 2 saturated heterocycles. The summed E-state index contributed by atoms with van der Waals surface area (Å²) in [7, 11) is 0. The maximum Gasteiger partial charge on any atom is 0.431 e. The second-order valence-electron chi connectivity index (χ2n) is 9.07. The maximum absolute atomic E-state index is 14.9. The van der Waals surface area contributed by atoms with Gasteiger partial charge in [0.25, 0.3) is 11.5 Å². The number of alkyl halides is 3. The number of amides is 1. The number of nitrogens with one attached hydrogen (secondary N) is 2. The normalized spacial score (nSPS) is 18.3. The summed E-state index contributed by atoms with van der Waals surface area (Å²) in [6, 6.07) is 3.56. The molecule has 0 spiro atoms. The van der Waals surface area contributed by atoms with Crippen LogP contribution in [0.25, 0.3) is 11.0 Å². The van der Waals surface area contributed by atoms with Gasteiger partial charge in [0.15, 0.2) is 0 Å². The van der Waals surface area contributed by atoms with E-state index in [4.69, 9.17) is 4.74 Å². The third-order valence-corrected chi connectivity index (χ3v) is 6.97. The number of piperidine rings is 1. The molecule has 2 fully saturated rings. The molecule has 2 aliphatic heterocycles. The van der Waals surface area contributed by atoms with Gasteiger partial charge in [0.1, 0.15) is 22.7 Å². The third kappa shape index (κ3) is 4.56. The molecule has 5 rings (SSSR count). The van der Waals surface area contributed by atoms with Crippen molar-refractivity contribution in [3.63, 3.8) is 0 Å². The molecule has 1 amide bonds. The van der Waals surface area contributed by atoms with E-state index in [0.29, 0.717) is 49.3 Å². The summed E-state index contributed by atoms with van der Waals surface area (Å²) < 4.78 is 58.8. The lowest BCUT2D eigenvalue weighted by atomic mass is 9.87. The Morgan fingerprint density at radius 2 is 1.77 bits per heavy atom. The molecule has 11 heteroatoms. The van der Waals surface area contributed by atoms with Gasteiger partial charge in [-0.15, -0.1) is 0 Å². The number of rotatable bonds is 3. The van der Waals surface area contributed by atoms with E-state index in [1.165, 1.54) is 11.1 Å². The number of carbonyl (C=O) groups excluding carboxylic acids is 1. The number of aromatic nitrogens is 3. The average molecular weight is 492 g/mol. The van der Waals surface area contributed by atoms with Gasteiger partial charge in [0.2, 0.25) is 0 Å². The molecule has 0 radical (unpaired) electrons. The number of pyridine rings is 2. The van der Waals surface area contributed by atoms with Gasteiger partial charge in [-0.1, -0.05) is 0 Å². The Morgan fingerprint density at radius 3 is 2.43 bits per heavy atom. The number of ether oxygens (including phenoxy) is 1. The lowest BCUT2D eigenvalue weighted by molar-refractivity contribution is -0.141. The van der Waals surface area contributed by atoms with E-state index in [0.717, 1.165) is 30.0 Å². The summed E-state index contributed by atoms with van der Waals surface area (Å²) in [6.45, 7) is 1.88. The molecule has 0 atom stereocenters. The second kappa shape index (κ2) is 9.10. The zero-order valence-corrected chi connectivity index (χ0v) is 18.8. The van der Waals surface area contributed by atoms with Gasteiger partial charge >= 0.3 is 6.18 Å². The van der Waals surface area contributed by atoms with Crippen LogP contribution in [0.1, 0.15) is 64.8 Å². The highest BCUT2D eigenvalue weighted by molar-refractivity contribution is 5.94. The van der Waals surface area contributed by atoms with E-state index in [1.807, 2.05) is 6.07 Å². The predicted octanol–water partition coefficient (Wildman–Crippen LogP) is 4.32. The lowest BCUT2D eigenvalue weighted by Gasteiger charge is -2.32. The van der Waals surface area contributed by atoms with E-state index >= 15 is 0 Å². The fraction of sp³-hybridized carbons (Fsp3) is 0.458. The molecular weight excluding hydrogens is 468 g/mol. The number of aromatic amines is 2. The van der Waals surface area contributed by atoms with Gasteiger partial charge in [-0.2, -0.15) is 13.2 Å². The molecule has 2 aliphatic rings. The Kier molecular flexibility index (Phi) is 6.12. The molecule has 2 N–H and O–H groups in total. The van der Waals surface area contributed by atoms with Crippen molar-refractivity contribution in [1.82, 2.24) is 19.9 Å². The van der Waals surface area contributed by atoms with E-state index in [2.05, 4.69) is 9.97 Å². The molecule has 186 valence electrons. The Bertz CT molecular complexity index is 1300. The van der Waals surface area contributed by atoms with Crippen LogP contribution in [0.4, 0.5) is 17.6 Å². The van der Waals surface area contributed by atoms with Crippen LogP contribution in [0.5, 0.6) is 0 Å². The minimum atomic E-state index is -4.71. The molecule has 0 saturated carbocycles.